The van der Waals surface area contributed by atoms with Crippen molar-refractivity contribution in [2.45, 2.75) is 33.1 Å². The second kappa shape index (κ2) is 7.19. The maximum absolute atomic E-state index is 10.7. The number of carbonyl (C=O) groups excluding carboxylic acids is 1. The minimum Gasteiger partial charge on any atom is -0.288 e. The predicted molar refractivity (Wildman–Crippen MR) is 75.2 cm³/mol. The van der Waals surface area contributed by atoms with Crippen molar-refractivity contribution in [2.24, 2.45) is 0 Å². The lowest BCUT2D eigenvalue weighted by atomic mass is 9.97. The summed E-state index contributed by atoms with van der Waals surface area (Å²) in [6, 6.07) is 8.24. The molecule has 1 rings (SSSR count). The Morgan fingerprint density at radius 3 is 2.71 bits per heavy atom. The van der Waals surface area contributed by atoms with Crippen LogP contribution in [-0.2, 0) is 4.79 Å². The molecule has 0 aliphatic carbocycles. The average Bonchev–Trinajstić information content (AvgIpc) is 2.28. The van der Waals surface area contributed by atoms with Crippen LogP contribution in [0.2, 0.25) is 0 Å². The number of hydrogen-bond donors (Lipinski definition) is 0. The molecular weight excluding hydrogens is 228 g/mol. The molecule has 0 amide bonds. The van der Waals surface area contributed by atoms with Crippen molar-refractivity contribution >= 4 is 16.9 Å². The van der Waals surface area contributed by atoms with Crippen molar-refractivity contribution in [3.8, 4) is 11.8 Å². The highest BCUT2D eigenvalue weighted by Crippen LogP contribution is 2.18. The summed E-state index contributed by atoms with van der Waals surface area (Å²) in [6.07, 6.45) is 0.761. The summed E-state index contributed by atoms with van der Waals surface area (Å²) in [5, 5.41) is 0.161. The van der Waals surface area contributed by atoms with Gasteiger partial charge in [-0.3, -0.25) is 4.79 Å². The highest BCUT2D eigenvalue weighted by Gasteiger charge is 2.02. The predicted octanol–water partition coefficient (Wildman–Crippen LogP) is 3.83. The quantitative estimate of drug-likeness (QED) is 0.595. The van der Waals surface area contributed by atoms with Crippen molar-refractivity contribution in [1.29, 1.82) is 0 Å². The summed E-state index contributed by atoms with van der Waals surface area (Å²) in [5.74, 6) is 7.60. The number of thioether (sulfide) groups is 1. The Morgan fingerprint density at radius 1 is 1.35 bits per heavy atom. The molecule has 0 bridgehead atoms. The Hall–Kier alpha value is -1.20. The molecule has 0 aliphatic rings. The third-order valence-electron chi connectivity index (χ3n) is 2.34. The molecule has 1 aromatic rings. The Labute approximate surface area is 108 Å². The molecule has 90 valence electrons. The van der Waals surface area contributed by atoms with E-state index in [1.807, 2.05) is 12.1 Å². The Balaban J connectivity index is 2.62. The van der Waals surface area contributed by atoms with E-state index in [1.165, 1.54) is 17.3 Å². The van der Waals surface area contributed by atoms with Gasteiger partial charge in [0.05, 0.1) is 0 Å². The van der Waals surface area contributed by atoms with Crippen LogP contribution in [0.4, 0.5) is 0 Å². The van der Waals surface area contributed by atoms with E-state index in [1.54, 1.807) is 6.92 Å². The maximum atomic E-state index is 10.7. The van der Waals surface area contributed by atoms with E-state index in [4.69, 9.17) is 0 Å². The van der Waals surface area contributed by atoms with E-state index in [0.717, 1.165) is 17.7 Å². The molecule has 2 heteroatoms. The molecule has 0 heterocycles. The number of benzene rings is 1. The fourth-order valence-electron chi connectivity index (χ4n) is 1.52. The third-order valence-corrected chi connectivity index (χ3v) is 3.15. The first-order chi connectivity index (χ1) is 8.11. The van der Waals surface area contributed by atoms with Gasteiger partial charge in [0.2, 0.25) is 0 Å². The second-order valence-electron chi connectivity index (χ2n) is 4.13. The molecule has 0 spiro atoms. The Bertz CT molecular complexity index is 438. The molecule has 0 aliphatic heterocycles. The van der Waals surface area contributed by atoms with Crippen LogP contribution in [-0.4, -0.2) is 10.9 Å². The summed E-state index contributed by atoms with van der Waals surface area (Å²) in [7, 11) is 0. The van der Waals surface area contributed by atoms with Crippen LogP contribution in [0.25, 0.3) is 0 Å². The van der Waals surface area contributed by atoms with E-state index in [9.17, 15) is 4.79 Å². The molecule has 0 atom stereocenters. The van der Waals surface area contributed by atoms with E-state index in [2.05, 4.69) is 37.8 Å². The highest BCUT2D eigenvalue weighted by molar-refractivity contribution is 8.13. The minimum absolute atomic E-state index is 0.161. The van der Waals surface area contributed by atoms with E-state index < -0.39 is 0 Å². The first kappa shape index (κ1) is 13.9. The fraction of sp³-hybridized carbons (Fsp3) is 0.400. The van der Waals surface area contributed by atoms with Crippen LogP contribution in [0.5, 0.6) is 0 Å². The SMILES string of the molecule is CC(=O)SCCC#Cc1ccccc1C(C)C. The zero-order valence-electron chi connectivity index (χ0n) is 10.6. The lowest BCUT2D eigenvalue weighted by Crippen LogP contribution is -1.91. The van der Waals surface area contributed by atoms with Gasteiger partial charge in [-0.15, -0.1) is 0 Å². The molecule has 0 saturated carbocycles. The van der Waals surface area contributed by atoms with Gasteiger partial charge < -0.3 is 0 Å². The van der Waals surface area contributed by atoms with E-state index in [-0.39, 0.29) is 5.12 Å². The highest BCUT2D eigenvalue weighted by atomic mass is 32.2. The first-order valence-corrected chi connectivity index (χ1v) is 6.81. The van der Waals surface area contributed by atoms with Gasteiger partial charge in [0.1, 0.15) is 0 Å². The van der Waals surface area contributed by atoms with Crippen LogP contribution in [0.15, 0.2) is 24.3 Å². The Kier molecular flexibility index (Phi) is 5.86. The second-order valence-corrected chi connectivity index (χ2v) is 5.41. The van der Waals surface area contributed by atoms with Crippen molar-refractivity contribution in [1.82, 2.24) is 0 Å². The summed E-state index contributed by atoms with van der Waals surface area (Å²) in [6.45, 7) is 5.93. The first-order valence-electron chi connectivity index (χ1n) is 5.82. The van der Waals surface area contributed by atoms with Crippen molar-refractivity contribution < 1.29 is 4.79 Å². The summed E-state index contributed by atoms with van der Waals surface area (Å²) in [4.78, 5) is 10.7. The third kappa shape index (κ3) is 5.10. The average molecular weight is 246 g/mol. The molecule has 0 fully saturated rings. The minimum atomic E-state index is 0.161. The molecule has 0 radical (unpaired) electrons. The maximum Gasteiger partial charge on any atom is 0.185 e. The van der Waals surface area contributed by atoms with E-state index >= 15 is 0 Å². The molecule has 0 saturated heterocycles. The summed E-state index contributed by atoms with van der Waals surface area (Å²) < 4.78 is 0. The monoisotopic (exact) mass is 246 g/mol. The topological polar surface area (TPSA) is 17.1 Å². The van der Waals surface area contributed by atoms with E-state index in [0.29, 0.717) is 5.92 Å². The molecule has 1 aromatic carbocycles. The molecular formula is C15H18OS. The van der Waals surface area contributed by atoms with Gasteiger partial charge >= 0.3 is 0 Å². The fourth-order valence-corrected chi connectivity index (χ4v) is 2.01. The van der Waals surface area contributed by atoms with Gasteiger partial charge in [0, 0.05) is 24.7 Å². The standard InChI is InChI=1S/C15H18OS/c1-12(2)15-10-5-4-8-14(15)9-6-7-11-17-13(3)16/h4-5,8,10,12H,7,11H2,1-3H3. The lowest BCUT2D eigenvalue weighted by Gasteiger charge is -2.07. The number of carbonyl (C=O) groups is 1. The van der Waals surface area contributed by atoms with Crippen molar-refractivity contribution in [3.05, 3.63) is 35.4 Å². The van der Waals surface area contributed by atoms with Gasteiger partial charge in [-0.1, -0.05) is 55.6 Å². The lowest BCUT2D eigenvalue weighted by molar-refractivity contribution is -0.109. The Morgan fingerprint density at radius 2 is 2.06 bits per heavy atom. The zero-order chi connectivity index (χ0) is 12.7. The van der Waals surface area contributed by atoms with Crippen molar-refractivity contribution in [2.75, 3.05) is 5.75 Å². The van der Waals surface area contributed by atoms with Crippen LogP contribution in [0, 0.1) is 11.8 Å². The molecule has 0 unspecified atom stereocenters. The normalized spacial score (nSPS) is 9.88. The van der Waals surface area contributed by atoms with Gasteiger partial charge in [-0.25, -0.2) is 0 Å². The largest absolute Gasteiger partial charge is 0.288 e. The summed E-state index contributed by atoms with van der Waals surface area (Å²) >= 11 is 1.34. The van der Waals surface area contributed by atoms with Gasteiger partial charge in [0.15, 0.2) is 5.12 Å². The molecule has 0 N–H and O–H groups in total. The molecule has 17 heavy (non-hydrogen) atoms. The van der Waals surface area contributed by atoms with Gasteiger partial charge in [-0.2, -0.15) is 0 Å². The van der Waals surface area contributed by atoms with Crippen LogP contribution in [0.3, 0.4) is 0 Å². The van der Waals surface area contributed by atoms with Crippen LogP contribution < -0.4 is 0 Å². The number of rotatable bonds is 3. The summed E-state index contributed by atoms with van der Waals surface area (Å²) in [5.41, 5.74) is 2.40. The zero-order valence-corrected chi connectivity index (χ0v) is 11.4. The molecule has 1 nitrogen and oxygen atoms in total. The van der Waals surface area contributed by atoms with Gasteiger partial charge in [-0.05, 0) is 17.5 Å². The van der Waals surface area contributed by atoms with Crippen molar-refractivity contribution in [3.63, 3.8) is 0 Å². The van der Waals surface area contributed by atoms with Crippen LogP contribution in [0.1, 0.15) is 44.2 Å². The van der Waals surface area contributed by atoms with Gasteiger partial charge in [0.25, 0.3) is 0 Å². The molecule has 0 aromatic heterocycles. The smallest absolute Gasteiger partial charge is 0.185 e. The number of hydrogen-bond acceptors (Lipinski definition) is 2. The van der Waals surface area contributed by atoms with Crippen LogP contribution >= 0.6 is 11.8 Å².